The van der Waals surface area contributed by atoms with Gasteiger partial charge in [0.15, 0.2) is 5.96 Å². The van der Waals surface area contributed by atoms with Crippen LogP contribution in [0.15, 0.2) is 4.99 Å². The van der Waals surface area contributed by atoms with Crippen LogP contribution in [0.3, 0.4) is 0 Å². The molecule has 158 valence electrons. The lowest BCUT2D eigenvalue weighted by Crippen LogP contribution is -2.43. The van der Waals surface area contributed by atoms with E-state index in [-0.39, 0.29) is 18.4 Å². The molecule has 1 atom stereocenters. The number of nitrogens with one attached hydrogen (secondary N) is 3. The standard InChI is InChI=1S/C17H37N7O3/c18-8-6-10-21-9-4-5-11-22-16(27)14(25)13-24-15(26)7-2-1-3-12-23-17(19)20/h14,21,25H,1-13,18H2,(H,22,27)(H,24,26)(H4,19,20,23). The Morgan fingerprint density at radius 3 is 2.33 bits per heavy atom. The predicted octanol–water partition coefficient (Wildman–Crippen LogP) is -1.87. The SMILES string of the molecule is NCCCNCCCCNC(=O)C(O)CNC(=O)CCCCCN=C(N)N. The van der Waals surface area contributed by atoms with E-state index in [2.05, 4.69) is 20.9 Å². The first-order valence-corrected chi connectivity index (χ1v) is 9.66. The van der Waals surface area contributed by atoms with Crippen molar-refractivity contribution in [3.05, 3.63) is 0 Å². The second-order valence-electron chi connectivity index (χ2n) is 6.33. The summed E-state index contributed by atoms with van der Waals surface area (Å²) in [5, 5.41) is 18.3. The molecule has 10 N–H and O–H groups in total. The number of hydrogen-bond acceptors (Lipinski definition) is 6. The summed E-state index contributed by atoms with van der Waals surface area (Å²) in [6.45, 7) is 3.42. The van der Waals surface area contributed by atoms with Gasteiger partial charge in [0.05, 0.1) is 6.54 Å². The highest BCUT2D eigenvalue weighted by atomic mass is 16.3. The van der Waals surface area contributed by atoms with Gasteiger partial charge < -0.3 is 38.3 Å². The maximum Gasteiger partial charge on any atom is 0.250 e. The zero-order valence-corrected chi connectivity index (χ0v) is 16.2. The highest BCUT2D eigenvalue weighted by Gasteiger charge is 2.15. The van der Waals surface area contributed by atoms with E-state index in [9.17, 15) is 14.7 Å². The summed E-state index contributed by atoms with van der Waals surface area (Å²) in [5.41, 5.74) is 15.8. The van der Waals surface area contributed by atoms with Crippen LogP contribution >= 0.6 is 0 Å². The van der Waals surface area contributed by atoms with Gasteiger partial charge in [-0.25, -0.2) is 0 Å². The van der Waals surface area contributed by atoms with Crippen LogP contribution in [-0.4, -0.2) is 68.3 Å². The Labute approximate surface area is 161 Å². The van der Waals surface area contributed by atoms with Gasteiger partial charge in [0.2, 0.25) is 5.91 Å². The number of aliphatic hydroxyl groups is 1. The molecule has 0 aromatic carbocycles. The van der Waals surface area contributed by atoms with Crippen LogP contribution in [0.25, 0.3) is 0 Å². The van der Waals surface area contributed by atoms with Crippen molar-refractivity contribution < 1.29 is 14.7 Å². The Kier molecular flexibility index (Phi) is 16.3. The fourth-order valence-corrected chi connectivity index (χ4v) is 2.23. The van der Waals surface area contributed by atoms with Crippen molar-refractivity contribution in [3.63, 3.8) is 0 Å². The molecule has 0 aliphatic carbocycles. The van der Waals surface area contributed by atoms with Crippen molar-refractivity contribution in [2.75, 3.05) is 39.3 Å². The average Bonchev–Trinajstić information content (AvgIpc) is 2.64. The van der Waals surface area contributed by atoms with Gasteiger partial charge in [0.1, 0.15) is 6.10 Å². The number of rotatable bonds is 17. The van der Waals surface area contributed by atoms with Crippen LogP contribution in [0.2, 0.25) is 0 Å². The maximum absolute atomic E-state index is 11.7. The van der Waals surface area contributed by atoms with E-state index in [0.29, 0.717) is 32.5 Å². The van der Waals surface area contributed by atoms with Crippen molar-refractivity contribution in [2.45, 2.75) is 51.0 Å². The number of aliphatic imine (C=N–C) groups is 1. The zero-order valence-electron chi connectivity index (χ0n) is 16.2. The number of nitrogens with zero attached hydrogens (tertiary/aromatic N) is 1. The number of amides is 2. The van der Waals surface area contributed by atoms with Gasteiger partial charge in [-0.05, 0) is 51.7 Å². The molecule has 0 saturated heterocycles. The summed E-state index contributed by atoms with van der Waals surface area (Å²) < 4.78 is 0. The largest absolute Gasteiger partial charge is 0.381 e. The van der Waals surface area contributed by atoms with Crippen LogP contribution in [-0.2, 0) is 9.59 Å². The molecule has 0 spiro atoms. The van der Waals surface area contributed by atoms with Gasteiger partial charge in [-0.15, -0.1) is 0 Å². The summed E-state index contributed by atoms with van der Waals surface area (Å²) in [5.74, 6) is -0.588. The van der Waals surface area contributed by atoms with Gasteiger partial charge in [0.25, 0.3) is 5.91 Å². The molecule has 10 nitrogen and oxygen atoms in total. The molecule has 10 heteroatoms. The normalized spacial score (nSPS) is 11.6. The molecule has 0 heterocycles. The molecule has 2 amide bonds. The third-order valence-corrected chi connectivity index (χ3v) is 3.79. The number of nitrogens with two attached hydrogens (primary N) is 3. The van der Waals surface area contributed by atoms with Crippen molar-refractivity contribution in [3.8, 4) is 0 Å². The summed E-state index contributed by atoms with van der Waals surface area (Å²) in [6, 6.07) is 0. The van der Waals surface area contributed by atoms with E-state index in [1.807, 2.05) is 0 Å². The minimum absolute atomic E-state index is 0.0687. The fraction of sp³-hybridized carbons (Fsp3) is 0.824. The second kappa shape index (κ2) is 17.5. The molecular formula is C17H37N7O3. The third kappa shape index (κ3) is 17.3. The number of aliphatic hydroxyl groups excluding tert-OH is 1. The first kappa shape index (κ1) is 25.1. The molecular weight excluding hydrogens is 350 g/mol. The van der Waals surface area contributed by atoms with Gasteiger partial charge in [-0.2, -0.15) is 0 Å². The van der Waals surface area contributed by atoms with Crippen molar-refractivity contribution in [1.82, 2.24) is 16.0 Å². The quantitative estimate of drug-likeness (QED) is 0.0867. The predicted molar refractivity (Wildman–Crippen MR) is 107 cm³/mol. The third-order valence-electron chi connectivity index (χ3n) is 3.79. The van der Waals surface area contributed by atoms with Gasteiger partial charge in [-0.3, -0.25) is 14.6 Å². The molecule has 0 aliphatic heterocycles. The zero-order chi connectivity index (χ0) is 20.3. The Morgan fingerprint density at radius 2 is 1.63 bits per heavy atom. The van der Waals surface area contributed by atoms with Gasteiger partial charge >= 0.3 is 0 Å². The molecule has 0 aromatic rings. The number of carbonyl (C=O) groups is 2. The van der Waals surface area contributed by atoms with Crippen molar-refractivity contribution in [2.24, 2.45) is 22.2 Å². The summed E-state index contributed by atoms with van der Waals surface area (Å²) in [4.78, 5) is 27.3. The Balaban J connectivity index is 3.58. The minimum atomic E-state index is -1.24. The Morgan fingerprint density at radius 1 is 0.926 bits per heavy atom. The Bertz CT molecular complexity index is 429. The molecule has 1 unspecified atom stereocenters. The lowest BCUT2D eigenvalue weighted by atomic mass is 10.2. The molecule has 0 rings (SSSR count). The number of guanidine groups is 1. The topological polar surface area (TPSA) is 181 Å². The molecule has 0 bridgehead atoms. The van der Waals surface area contributed by atoms with E-state index in [0.717, 1.165) is 45.2 Å². The maximum atomic E-state index is 11.7. The number of unbranched alkanes of at least 4 members (excludes halogenated alkanes) is 3. The van der Waals surface area contributed by atoms with Gasteiger partial charge in [0, 0.05) is 19.5 Å². The van der Waals surface area contributed by atoms with Crippen molar-refractivity contribution in [1.29, 1.82) is 0 Å². The molecule has 0 saturated carbocycles. The van der Waals surface area contributed by atoms with Gasteiger partial charge in [-0.1, -0.05) is 6.42 Å². The van der Waals surface area contributed by atoms with Crippen LogP contribution in [0.5, 0.6) is 0 Å². The highest BCUT2D eigenvalue weighted by Crippen LogP contribution is 2.00. The molecule has 0 fully saturated rings. The van der Waals surface area contributed by atoms with E-state index < -0.39 is 12.0 Å². The van der Waals surface area contributed by atoms with Crippen LogP contribution < -0.4 is 33.2 Å². The van der Waals surface area contributed by atoms with Crippen molar-refractivity contribution >= 4 is 17.8 Å². The first-order valence-electron chi connectivity index (χ1n) is 9.66. The van der Waals surface area contributed by atoms with E-state index >= 15 is 0 Å². The Hall–Kier alpha value is -1.91. The average molecular weight is 388 g/mol. The van der Waals surface area contributed by atoms with E-state index in [1.54, 1.807) is 0 Å². The van der Waals surface area contributed by atoms with Crippen LogP contribution in [0.1, 0.15) is 44.9 Å². The monoisotopic (exact) mass is 387 g/mol. The first-order chi connectivity index (χ1) is 13.0. The molecule has 0 aliphatic rings. The highest BCUT2D eigenvalue weighted by molar-refractivity contribution is 5.82. The smallest absolute Gasteiger partial charge is 0.250 e. The summed E-state index contributed by atoms with van der Waals surface area (Å²) in [7, 11) is 0. The fourth-order valence-electron chi connectivity index (χ4n) is 2.23. The summed E-state index contributed by atoms with van der Waals surface area (Å²) >= 11 is 0. The molecule has 0 radical (unpaired) electrons. The number of hydrogen-bond donors (Lipinski definition) is 7. The van der Waals surface area contributed by atoms with Crippen LogP contribution in [0.4, 0.5) is 0 Å². The lowest BCUT2D eigenvalue weighted by molar-refractivity contribution is -0.129. The summed E-state index contributed by atoms with van der Waals surface area (Å²) in [6.07, 6.45) is 4.14. The second-order valence-corrected chi connectivity index (χ2v) is 6.33. The molecule has 0 aromatic heterocycles. The lowest BCUT2D eigenvalue weighted by Gasteiger charge is -2.12. The van der Waals surface area contributed by atoms with Crippen LogP contribution in [0, 0.1) is 0 Å². The molecule has 27 heavy (non-hydrogen) atoms. The van der Waals surface area contributed by atoms with E-state index in [1.165, 1.54) is 0 Å². The van der Waals surface area contributed by atoms with E-state index in [4.69, 9.17) is 17.2 Å². The minimum Gasteiger partial charge on any atom is -0.381 e. The number of carbonyl (C=O) groups excluding carboxylic acids is 2.